The summed E-state index contributed by atoms with van der Waals surface area (Å²) >= 11 is 0. The minimum absolute atomic E-state index is 0.0187. The maximum Gasteiger partial charge on any atom is 0.320 e. The van der Waals surface area contributed by atoms with E-state index in [2.05, 4.69) is 0 Å². The van der Waals surface area contributed by atoms with Gasteiger partial charge in [-0.1, -0.05) is 0 Å². The first kappa shape index (κ1) is 14.1. The Kier molecular flexibility index (Phi) is 4.29. The number of nitrogens with zero attached hydrogens (tertiary/aromatic N) is 2. The number of carboxylic acids is 1. The van der Waals surface area contributed by atoms with E-state index in [1.807, 2.05) is 11.8 Å². The summed E-state index contributed by atoms with van der Waals surface area (Å²) in [5, 5.41) is 9.09. The Morgan fingerprint density at radius 3 is 2.63 bits per heavy atom. The number of hydrogen-bond acceptors (Lipinski definition) is 3. The molecule has 2 aliphatic rings. The number of amides is 2. The van der Waals surface area contributed by atoms with Crippen LogP contribution < -0.4 is 0 Å². The van der Waals surface area contributed by atoms with Crippen LogP contribution in [0.2, 0.25) is 0 Å². The average Bonchev–Trinajstić information content (AvgIpc) is 2.95. The standard InChI is InChI=1S/C13H22N2O4/c1-9-11(12(16)17)4-6-15(9)13(18)14-5-3-10(7-14)8-19-2/h9-11H,3-8H2,1-2H3,(H,16,17). The molecule has 6 nitrogen and oxygen atoms in total. The van der Waals surface area contributed by atoms with Crippen LogP contribution in [-0.4, -0.2) is 66.3 Å². The highest BCUT2D eigenvalue weighted by Crippen LogP contribution is 2.27. The van der Waals surface area contributed by atoms with Crippen LogP contribution in [0, 0.1) is 11.8 Å². The number of aliphatic carboxylic acids is 1. The quantitative estimate of drug-likeness (QED) is 0.826. The van der Waals surface area contributed by atoms with Crippen LogP contribution in [0.4, 0.5) is 4.79 Å². The fourth-order valence-corrected chi connectivity index (χ4v) is 3.10. The smallest absolute Gasteiger partial charge is 0.320 e. The van der Waals surface area contributed by atoms with E-state index in [9.17, 15) is 9.59 Å². The fourth-order valence-electron chi connectivity index (χ4n) is 3.10. The van der Waals surface area contributed by atoms with Crippen molar-refractivity contribution in [1.82, 2.24) is 9.80 Å². The van der Waals surface area contributed by atoms with E-state index in [4.69, 9.17) is 9.84 Å². The number of carboxylic acid groups (broad SMARTS) is 1. The van der Waals surface area contributed by atoms with Gasteiger partial charge in [-0.25, -0.2) is 4.79 Å². The summed E-state index contributed by atoms with van der Waals surface area (Å²) in [7, 11) is 1.67. The van der Waals surface area contributed by atoms with E-state index in [1.165, 1.54) is 0 Å². The lowest BCUT2D eigenvalue weighted by molar-refractivity contribution is -0.142. The third kappa shape index (κ3) is 2.83. The SMILES string of the molecule is COCC1CCN(C(=O)N2CCC(C(=O)O)C2C)C1. The summed E-state index contributed by atoms with van der Waals surface area (Å²) in [5.41, 5.74) is 0. The third-order valence-electron chi connectivity index (χ3n) is 4.28. The zero-order chi connectivity index (χ0) is 14.0. The Balaban J connectivity index is 1.92. The molecule has 0 aromatic rings. The largest absolute Gasteiger partial charge is 0.481 e. The van der Waals surface area contributed by atoms with Gasteiger partial charge in [0, 0.05) is 38.7 Å². The van der Waals surface area contributed by atoms with Gasteiger partial charge in [0.05, 0.1) is 12.5 Å². The Labute approximate surface area is 113 Å². The van der Waals surface area contributed by atoms with Gasteiger partial charge in [-0.2, -0.15) is 0 Å². The van der Waals surface area contributed by atoms with Crippen molar-refractivity contribution in [3.63, 3.8) is 0 Å². The maximum absolute atomic E-state index is 12.4. The lowest BCUT2D eigenvalue weighted by atomic mass is 10.0. The first-order chi connectivity index (χ1) is 9.04. The molecule has 0 radical (unpaired) electrons. The monoisotopic (exact) mass is 270 g/mol. The van der Waals surface area contributed by atoms with E-state index >= 15 is 0 Å². The van der Waals surface area contributed by atoms with Crippen molar-refractivity contribution in [2.45, 2.75) is 25.8 Å². The predicted molar refractivity (Wildman–Crippen MR) is 68.9 cm³/mol. The van der Waals surface area contributed by atoms with E-state index in [0.717, 1.165) is 13.0 Å². The highest BCUT2D eigenvalue weighted by Gasteiger charge is 2.40. The van der Waals surface area contributed by atoms with E-state index in [0.29, 0.717) is 32.0 Å². The van der Waals surface area contributed by atoms with Crippen molar-refractivity contribution in [3.05, 3.63) is 0 Å². The maximum atomic E-state index is 12.4. The Hall–Kier alpha value is -1.30. The van der Waals surface area contributed by atoms with E-state index < -0.39 is 11.9 Å². The minimum Gasteiger partial charge on any atom is -0.481 e. The highest BCUT2D eigenvalue weighted by molar-refractivity contribution is 5.78. The first-order valence-electron chi connectivity index (χ1n) is 6.82. The van der Waals surface area contributed by atoms with E-state index in [-0.39, 0.29) is 12.1 Å². The molecule has 0 spiro atoms. The van der Waals surface area contributed by atoms with Gasteiger partial charge in [0.1, 0.15) is 0 Å². The molecule has 6 heteroatoms. The van der Waals surface area contributed by atoms with Crippen molar-refractivity contribution in [2.24, 2.45) is 11.8 Å². The molecule has 0 aromatic heterocycles. The number of ether oxygens (including phenoxy) is 1. The normalized spacial score (nSPS) is 30.9. The van der Waals surface area contributed by atoms with Gasteiger partial charge >= 0.3 is 12.0 Å². The van der Waals surface area contributed by atoms with Gasteiger partial charge in [0.15, 0.2) is 0 Å². The van der Waals surface area contributed by atoms with Crippen molar-refractivity contribution < 1.29 is 19.4 Å². The van der Waals surface area contributed by atoms with Crippen LogP contribution >= 0.6 is 0 Å². The fraction of sp³-hybridized carbons (Fsp3) is 0.846. The second-order valence-electron chi connectivity index (χ2n) is 5.51. The van der Waals surface area contributed by atoms with E-state index in [1.54, 1.807) is 12.0 Å². The molecular formula is C13H22N2O4. The van der Waals surface area contributed by atoms with Crippen LogP contribution in [0.5, 0.6) is 0 Å². The lowest BCUT2D eigenvalue weighted by Gasteiger charge is -2.28. The van der Waals surface area contributed by atoms with Crippen molar-refractivity contribution in [2.75, 3.05) is 33.4 Å². The zero-order valence-electron chi connectivity index (χ0n) is 11.5. The molecule has 2 saturated heterocycles. The molecule has 0 saturated carbocycles. The second kappa shape index (κ2) is 5.77. The van der Waals surface area contributed by atoms with Gasteiger partial charge in [-0.3, -0.25) is 4.79 Å². The van der Waals surface area contributed by atoms with Crippen LogP contribution in [-0.2, 0) is 9.53 Å². The molecule has 108 valence electrons. The number of urea groups is 1. The minimum atomic E-state index is -0.804. The van der Waals surface area contributed by atoms with Crippen LogP contribution in [0.25, 0.3) is 0 Å². The third-order valence-corrected chi connectivity index (χ3v) is 4.28. The molecule has 2 rings (SSSR count). The van der Waals surface area contributed by atoms with Gasteiger partial charge in [0.25, 0.3) is 0 Å². The summed E-state index contributed by atoms with van der Waals surface area (Å²) in [5.74, 6) is -0.829. The van der Waals surface area contributed by atoms with Crippen molar-refractivity contribution in [1.29, 1.82) is 0 Å². The molecular weight excluding hydrogens is 248 g/mol. The van der Waals surface area contributed by atoms with Gasteiger partial charge in [-0.05, 0) is 19.8 Å². The Morgan fingerprint density at radius 2 is 2.05 bits per heavy atom. The second-order valence-corrected chi connectivity index (χ2v) is 5.51. The first-order valence-corrected chi connectivity index (χ1v) is 6.82. The molecule has 3 atom stereocenters. The van der Waals surface area contributed by atoms with Gasteiger partial charge < -0.3 is 19.6 Å². The highest BCUT2D eigenvalue weighted by atomic mass is 16.5. The van der Waals surface area contributed by atoms with Crippen molar-refractivity contribution in [3.8, 4) is 0 Å². The van der Waals surface area contributed by atoms with Crippen LogP contribution in [0.15, 0.2) is 0 Å². The Bertz CT molecular complexity index is 361. The zero-order valence-corrected chi connectivity index (χ0v) is 11.5. The van der Waals surface area contributed by atoms with Gasteiger partial charge in [0.2, 0.25) is 0 Å². The number of hydrogen-bond donors (Lipinski definition) is 1. The summed E-state index contributed by atoms with van der Waals surface area (Å²) in [6, 6.07) is -0.235. The molecule has 2 fully saturated rings. The average molecular weight is 270 g/mol. The molecule has 0 aromatic carbocycles. The summed E-state index contributed by atoms with van der Waals surface area (Å²) in [4.78, 5) is 27.0. The number of likely N-dealkylation sites (tertiary alicyclic amines) is 2. The van der Waals surface area contributed by atoms with Crippen LogP contribution in [0.3, 0.4) is 0 Å². The van der Waals surface area contributed by atoms with Crippen molar-refractivity contribution >= 4 is 12.0 Å². The van der Waals surface area contributed by atoms with Gasteiger partial charge in [-0.15, -0.1) is 0 Å². The molecule has 0 aliphatic carbocycles. The number of rotatable bonds is 3. The molecule has 1 N–H and O–H groups in total. The number of carbonyl (C=O) groups excluding carboxylic acids is 1. The summed E-state index contributed by atoms with van der Waals surface area (Å²) in [6.45, 7) is 4.51. The number of carbonyl (C=O) groups is 2. The molecule has 2 heterocycles. The molecule has 2 amide bonds. The molecule has 19 heavy (non-hydrogen) atoms. The lowest BCUT2D eigenvalue weighted by Crippen LogP contribution is -2.45. The summed E-state index contributed by atoms with van der Waals surface area (Å²) in [6.07, 6.45) is 1.52. The summed E-state index contributed by atoms with van der Waals surface area (Å²) < 4.78 is 5.12. The predicted octanol–water partition coefficient (Wildman–Crippen LogP) is 0.870. The topological polar surface area (TPSA) is 70.1 Å². The Morgan fingerprint density at radius 1 is 1.32 bits per heavy atom. The molecule has 3 unspecified atom stereocenters. The molecule has 2 aliphatic heterocycles. The van der Waals surface area contributed by atoms with Crippen LogP contribution in [0.1, 0.15) is 19.8 Å². The number of methoxy groups -OCH3 is 1. The molecule has 0 bridgehead atoms.